The van der Waals surface area contributed by atoms with Crippen LogP contribution in [-0.2, 0) is 16.0 Å². The molecule has 0 saturated heterocycles. The Morgan fingerprint density at radius 1 is 0.935 bits per heavy atom. The van der Waals surface area contributed by atoms with E-state index in [0.29, 0.717) is 43.4 Å². The second-order valence-corrected chi connectivity index (χ2v) is 10.9. The molecule has 46 heavy (non-hydrogen) atoms. The van der Waals surface area contributed by atoms with Gasteiger partial charge in [0.15, 0.2) is 11.6 Å². The Hall–Kier alpha value is -5.08. The van der Waals surface area contributed by atoms with Crippen molar-refractivity contribution in [3.05, 3.63) is 131 Å². The SMILES string of the molecule is COc1cccc([C@H]2OC(c3ccc(OCCCO)cc3)=N[C@@]2(C/C=C/c2ccccc2)C(=O)NCCc2ccccc2OC)c1. The van der Waals surface area contributed by atoms with Gasteiger partial charge in [0.25, 0.3) is 5.91 Å². The van der Waals surface area contributed by atoms with Crippen LogP contribution in [0.4, 0.5) is 0 Å². The number of benzene rings is 4. The van der Waals surface area contributed by atoms with Crippen LogP contribution in [0.15, 0.2) is 114 Å². The van der Waals surface area contributed by atoms with Crippen LogP contribution in [0.1, 0.15) is 41.2 Å². The number of nitrogens with one attached hydrogen (secondary N) is 1. The topological polar surface area (TPSA) is 98.6 Å². The number of rotatable bonds is 15. The highest BCUT2D eigenvalue weighted by Gasteiger charge is 2.52. The van der Waals surface area contributed by atoms with Crippen LogP contribution < -0.4 is 19.5 Å². The van der Waals surface area contributed by atoms with Crippen LogP contribution in [-0.4, -0.2) is 56.4 Å². The van der Waals surface area contributed by atoms with Crippen LogP contribution in [0.5, 0.6) is 17.2 Å². The van der Waals surface area contributed by atoms with Crippen molar-refractivity contribution in [3.63, 3.8) is 0 Å². The number of nitrogens with zero attached hydrogens (tertiary/aromatic N) is 1. The van der Waals surface area contributed by atoms with Gasteiger partial charge in [-0.1, -0.05) is 72.8 Å². The fourth-order valence-electron chi connectivity index (χ4n) is 5.43. The molecular formula is C38H40N2O6. The van der Waals surface area contributed by atoms with Gasteiger partial charge in [-0.15, -0.1) is 0 Å². The fraction of sp³-hybridized carbons (Fsp3) is 0.263. The third-order valence-electron chi connectivity index (χ3n) is 7.84. The summed E-state index contributed by atoms with van der Waals surface area (Å²) in [6, 6.07) is 32.7. The molecule has 0 fully saturated rings. The van der Waals surface area contributed by atoms with Crippen molar-refractivity contribution in [2.75, 3.05) is 34.0 Å². The average molecular weight is 621 g/mol. The molecule has 0 spiro atoms. The molecule has 8 heteroatoms. The molecule has 4 aromatic rings. The molecule has 8 nitrogen and oxygen atoms in total. The highest BCUT2D eigenvalue weighted by molar-refractivity contribution is 6.01. The van der Waals surface area contributed by atoms with Gasteiger partial charge in [-0.3, -0.25) is 4.79 Å². The van der Waals surface area contributed by atoms with E-state index in [2.05, 4.69) is 5.32 Å². The third-order valence-corrected chi connectivity index (χ3v) is 7.84. The van der Waals surface area contributed by atoms with Crippen molar-refractivity contribution in [1.82, 2.24) is 5.32 Å². The molecule has 238 valence electrons. The number of aliphatic imine (C=N–C) groups is 1. The number of para-hydroxylation sites is 1. The molecule has 0 aromatic heterocycles. The van der Waals surface area contributed by atoms with E-state index in [-0.39, 0.29) is 18.9 Å². The van der Waals surface area contributed by atoms with Gasteiger partial charge in [-0.25, -0.2) is 4.99 Å². The Bertz CT molecular complexity index is 1640. The summed E-state index contributed by atoms with van der Waals surface area (Å²) < 4.78 is 23.4. The molecule has 0 unspecified atom stereocenters. The van der Waals surface area contributed by atoms with Gasteiger partial charge in [0.2, 0.25) is 5.90 Å². The summed E-state index contributed by atoms with van der Waals surface area (Å²) in [6.07, 6.45) is 4.67. The van der Waals surface area contributed by atoms with Crippen molar-refractivity contribution in [2.24, 2.45) is 4.99 Å². The van der Waals surface area contributed by atoms with E-state index in [1.807, 2.05) is 115 Å². The molecular weight excluding hydrogens is 580 g/mol. The largest absolute Gasteiger partial charge is 0.497 e. The second kappa shape index (κ2) is 15.8. The molecule has 4 aromatic carbocycles. The first-order valence-corrected chi connectivity index (χ1v) is 15.4. The Kier molecular flexibility index (Phi) is 11.1. The minimum atomic E-state index is -1.32. The van der Waals surface area contributed by atoms with E-state index < -0.39 is 11.6 Å². The Balaban J connectivity index is 1.50. The smallest absolute Gasteiger partial charge is 0.252 e. The van der Waals surface area contributed by atoms with Crippen molar-refractivity contribution in [1.29, 1.82) is 0 Å². The number of hydrogen-bond acceptors (Lipinski definition) is 7. The molecule has 0 radical (unpaired) electrons. The Labute approximate surface area is 270 Å². The highest BCUT2D eigenvalue weighted by atomic mass is 16.5. The van der Waals surface area contributed by atoms with Gasteiger partial charge in [-0.05, 0) is 65.6 Å². The third kappa shape index (κ3) is 7.76. The van der Waals surface area contributed by atoms with E-state index >= 15 is 0 Å². The first kappa shape index (κ1) is 32.3. The first-order chi connectivity index (χ1) is 22.6. The molecule has 2 N–H and O–H groups in total. The first-order valence-electron chi connectivity index (χ1n) is 15.4. The van der Waals surface area contributed by atoms with Crippen LogP contribution in [0.25, 0.3) is 6.08 Å². The number of hydrogen-bond donors (Lipinski definition) is 2. The van der Waals surface area contributed by atoms with Gasteiger partial charge in [-0.2, -0.15) is 0 Å². The Morgan fingerprint density at radius 3 is 2.48 bits per heavy atom. The minimum absolute atomic E-state index is 0.0656. The number of aliphatic hydroxyl groups is 1. The van der Waals surface area contributed by atoms with Gasteiger partial charge in [0, 0.05) is 31.6 Å². The molecule has 0 bridgehead atoms. The summed E-state index contributed by atoms with van der Waals surface area (Å²) in [5.74, 6) is 2.23. The van der Waals surface area contributed by atoms with E-state index in [4.69, 9.17) is 29.0 Å². The predicted molar refractivity (Wildman–Crippen MR) is 180 cm³/mol. The summed E-state index contributed by atoms with van der Waals surface area (Å²) in [7, 11) is 3.26. The van der Waals surface area contributed by atoms with E-state index in [1.165, 1.54) is 0 Å². The summed E-state index contributed by atoms with van der Waals surface area (Å²) >= 11 is 0. The predicted octanol–water partition coefficient (Wildman–Crippen LogP) is 6.18. The molecule has 0 aliphatic carbocycles. The standard InChI is InChI=1S/C38H40N2O6/c1-43-33-16-8-15-31(27-33)35-38(23-9-13-28-11-4-3-5-12-28,37(42)39-24-22-29-14-6-7-17-34(29)44-2)40-36(46-35)30-18-20-32(21-19-30)45-26-10-25-41/h3-9,11-21,27,35,41H,10,22-26H2,1-2H3,(H,39,42)/b13-9+/t35-,38-/m1/s1. The van der Waals surface area contributed by atoms with Gasteiger partial charge < -0.3 is 29.4 Å². The number of ether oxygens (including phenoxy) is 4. The molecule has 1 amide bonds. The zero-order chi connectivity index (χ0) is 32.2. The lowest BCUT2D eigenvalue weighted by atomic mass is 9.84. The second-order valence-electron chi connectivity index (χ2n) is 10.9. The maximum absolute atomic E-state index is 14.4. The zero-order valence-electron chi connectivity index (χ0n) is 26.2. The molecule has 1 heterocycles. The van der Waals surface area contributed by atoms with Crippen molar-refractivity contribution in [3.8, 4) is 17.2 Å². The molecule has 0 saturated carbocycles. The van der Waals surface area contributed by atoms with Crippen molar-refractivity contribution >= 4 is 17.9 Å². The fourth-order valence-corrected chi connectivity index (χ4v) is 5.43. The summed E-state index contributed by atoms with van der Waals surface area (Å²) in [6.45, 7) is 0.867. The number of carbonyl (C=O) groups is 1. The normalized spacial score (nSPS) is 17.3. The monoisotopic (exact) mass is 620 g/mol. The lowest BCUT2D eigenvalue weighted by Gasteiger charge is -2.30. The van der Waals surface area contributed by atoms with Gasteiger partial charge >= 0.3 is 0 Å². The van der Waals surface area contributed by atoms with Crippen molar-refractivity contribution < 1.29 is 28.8 Å². The summed E-state index contributed by atoms with van der Waals surface area (Å²) in [5, 5.41) is 12.2. The molecule has 5 rings (SSSR count). The summed E-state index contributed by atoms with van der Waals surface area (Å²) in [4.78, 5) is 19.5. The van der Waals surface area contributed by atoms with E-state index in [9.17, 15) is 4.79 Å². The van der Waals surface area contributed by atoms with E-state index in [0.717, 1.165) is 28.0 Å². The van der Waals surface area contributed by atoms with Crippen molar-refractivity contribution in [2.45, 2.75) is 30.9 Å². The Morgan fingerprint density at radius 2 is 1.72 bits per heavy atom. The molecule has 1 aliphatic rings. The minimum Gasteiger partial charge on any atom is -0.497 e. The zero-order valence-corrected chi connectivity index (χ0v) is 26.2. The van der Waals surface area contributed by atoms with Gasteiger partial charge in [0.1, 0.15) is 17.2 Å². The highest BCUT2D eigenvalue weighted by Crippen LogP contribution is 2.43. The number of aliphatic hydroxyl groups excluding tert-OH is 1. The van der Waals surface area contributed by atoms with Crippen LogP contribution in [0.3, 0.4) is 0 Å². The number of carbonyl (C=O) groups excluding carboxylic acids is 1. The van der Waals surface area contributed by atoms with E-state index in [1.54, 1.807) is 14.2 Å². The maximum atomic E-state index is 14.4. The average Bonchev–Trinajstić information content (AvgIpc) is 3.50. The quantitative estimate of drug-likeness (QED) is 0.154. The lowest BCUT2D eigenvalue weighted by molar-refractivity contribution is -0.128. The molecule has 2 atom stereocenters. The van der Waals surface area contributed by atoms with Crippen LogP contribution >= 0.6 is 0 Å². The summed E-state index contributed by atoms with van der Waals surface area (Å²) in [5.41, 5.74) is 2.20. The number of amides is 1. The number of methoxy groups -OCH3 is 2. The maximum Gasteiger partial charge on any atom is 0.252 e. The molecule has 1 aliphatic heterocycles. The van der Waals surface area contributed by atoms with Crippen LogP contribution in [0.2, 0.25) is 0 Å². The van der Waals surface area contributed by atoms with Crippen LogP contribution in [0, 0.1) is 0 Å². The lowest BCUT2D eigenvalue weighted by Crippen LogP contribution is -2.48. The van der Waals surface area contributed by atoms with Gasteiger partial charge in [0.05, 0.1) is 20.8 Å².